The first-order valence-corrected chi connectivity index (χ1v) is 6.57. The zero-order valence-corrected chi connectivity index (χ0v) is 12.0. The molecule has 0 aliphatic carbocycles. The Morgan fingerprint density at radius 1 is 1.30 bits per heavy atom. The molecule has 0 saturated heterocycles. The Balaban J connectivity index is 2.58. The van der Waals surface area contributed by atoms with Crippen LogP contribution in [0.2, 0.25) is 5.02 Å². The van der Waals surface area contributed by atoms with E-state index in [-0.39, 0.29) is 17.6 Å². The number of esters is 1. The lowest BCUT2D eigenvalue weighted by Crippen LogP contribution is -2.20. The van der Waals surface area contributed by atoms with E-state index in [0.717, 1.165) is 0 Å². The second-order valence-electron chi connectivity index (χ2n) is 4.26. The summed E-state index contributed by atoms with van der Waals surface area (Å²) in [5.74, 6) is -0.621. The van der Waals surface area contributed by atoms with E-state index in [0.29, 0.717) is 21.8 Å². The van der Waals surface area contributed by atoms with Crippen LogP contribution in [0.25, 0.3) is 11.1 Å². The Kier molecular flexibility index (Phi) is 4.25. The van der Waals surface area contributed by atoms with E-state index in [4.69, 9.17) is 16.3 Å². The van der Waals surface area contributed by atoms with Crippen LogP contribution in [0.4, 0.5) is 0 Å². The first-order valence-electron chi connectivity index (χ1n) is 6.20. The fraction of sp³-hybridized carbons (Fsp3) is 0.200. The Hall–Kier alpha value is -2.07. The van der Waals surface area contributed by atoms with Crippen molar-refractivity contribution in [3.63, 3.8) is 0 Å². The fourth-order valence-corrected chi connectivity index (χ4v) is 2.07. The third-order valence-electron chi connectivity index (χ3n) is 2.91. The lowest BCUT2D eigenvalue weighted by molar-refractivity contribution is 0.0524. The molecule has 2 aromatic rings. The van der Waals surface area contributed by atoms with E-state index < -0.39 is 5.97 Å². The molecule has 0 aliphatic heterocycles. The molecule has 1 N–H and O–H groups in total. The summed E-state index contributed by atoms with van der Waals surface area (Å²) in [6.45, 7) is 3.70. The Morgan fingerprint density at radius 3 is 2.55 bits per heavy atom. The number of aryl methyl sites for hydroxylation is 1. The summed E-state index contributed by atoms with van der Waals surface area (Å²) in [4.78, 5) is 27.1. The summed E-state index contributed by atoms with van der Waals surface area (Å²) in [7, 11) is 0. The standard InChI is InChI=1S/C15H14ClNO3/c1-3-20-15(19)12-8-17-9(2)13(14(12)18)10-4-6-11(16)7-5-10/h4-8H,3H2,1-2H3,(H,17,18). The number of carbonyl (C=O) groups excluding carboxylic acids is 1. The monoisotopic (exact) mass is 291 g/mol. The van der Waals surface area contributed by atoms with Crippen LogP contribution in [0, 0.1) is 6.92 Å². The third-order valence-corrected chi connectivity index (χ3v) is 3.16. The summed E-state index contributed by atoms with van der Waals surface area (Å²) in [6, 6.07) is 6.89. The summed E-state index contributed by atoms with van der Waals surface area (Å²) >= 11 is 5.84. The number of hydrogen-bond donors (Lipinski definition) is 1. The average molecular weight is 292 g/mol. The predicted octanol–water partition coefficient (Wildman–Crippen LogP) is 3.18. The maximum Gasteiger partial charge on any atom is 0.343 e. The van der Waals surface area contributed by atoms with E-state index in [2.05, 4.69) is 4.98 Å². The lowest BCUT2D eigenvalue weighted by atomic mass is 10.0. The van der Waals surface area contributed by atoms with Gasteiger partial charge in [-0.1, -0.05) is 23.7 Å². The highest BCUT2D eigenvalue weighted by Crippen LogP contribution is 2.21. The van der Waals surface area contributed by atoms with Gasteiger partial charge < -0.3 is 9.72 Å². The van der Waals surface area contributed by atoms with Crippen LogP contribution >= 0.6 is 11.6 Å². The minimum atomic E-state index is -0.621. The number of H-pyrrole nitrogens is 1. The summed E-state index contributed by atoms with van der Waals surface area (Å²) in [5, 5.41) is 0.587. The lowest BCUT2D eigenvalue weighted by Gasteiger charge is -2.08. The van der Waals surface area contributed by atoms with E-state index >= 15 is 0 Å². The summed E-state index contributed by atoms with van der Waals surface area (Å²) in [6.07, 6.45) is 1.38. The number of carbonyl (C=O) groups is 1. The van der Waals surface area contributed by atoms with Crippen molar-refractivity contribution in [3.8, 4) is 11.1 Å². The molecule has 1 heterocycles. The van der Waals surface area contributed by atoms with E-state index in [1.165, 1.54) is 6.20 Å². The molecule has 0 spiro atoms. The Labute approximate surface area is 121 Å². The number of aromatic amines is 1. The van der Waals surface area contributed by atoms with Gasteiger partial charge in [0.2, 0.25) is 5.43 Å². The highest BCUT2D eigenvalue weighted by atomic mass is 35.5. The fourth-order valence-electron chi connectivity index (χ4n) is 1.95. The molecule has 1 aromatic carbocycles. The van der Waals surface area contributed by atoms with Crippen LogP contribution in [0.3, 0.4) is 0 Å². The van der Waals surface area contributed by atoms with Crippen LogP contribution in [0.5, 0.6) is 0 Å². The van der Waals surface area contributed by atoms with Crippen molar-refractivity contribution >= 4 is 17.6 Å². The van der Waals surface area contributed by atoms with Gasteiger partial charge in [0.1, 0.15) is 5.56 Å². The van der Waals surface area contributed by atoms with E-state index in [9.17, 15) is 9.59 Å². The first kappa shape index (κ1) is 14.3. The maximum absolute atomic E-state index is 12.4. The highest BCUT2D eigenvalue weighted by molar-refractivity contribution is 6.30. The molecule has 0 amide bonds. The molecule has 0 fully saturated rings. The van der Waals surface area contributed by atoms with Gasteiger partial charge in [0, 0.05) is 22.5 Å². The molecule has 0 atom stereocenters. The van der Waals surface area contributed by atoms with Crippen molar-refractivity contribution in [2.24, 2.45) is 0 Å². The molecule has 0 aliphatic rings. The van der Waals surface area contributed by atoms with Crippen molar-refractivity contribution in [1.29, 1.82) is 0 Å². The molecule has 0 unspecified atom stereocenters. The zero-order chi connectivity index (χ0) is 14.7. The van der Waals surface area contributed by atoms with Gasteiger partial charge in [-0.3, -0.25) is 4.79 Å². The van der Waals surface area contributed by atoms with Crippen LogP contribution in [0.1, 0.15) is 23.0 Å². The van der Waals surface area contributed by atoms with Crippen LogP contribution in [0.15, 0.2) is 35.3 Å². The topological polar surface area (TPSA) is 59.2 Å². The smallest absolute Gasteiger partial charge is 0.343 e. The second kappa shape index (κ2) is 5.92. The van der Waals surface area contributed by atoms with Gasteiger partial charge in [-0.2, -0.15) is 0 Å². The average Bonchev–Trinajstić information content (AvgIpc) is 2.41. The van der Waals surface area contributed by atoms with Crippen molar-refractivity contribution in [1.82, 2.24) is 4.98 Å². The number of hydrogen-bond acceptors (Lipinski definition) is 3. The number of pyridine rings is 1. The largest absolute Gasteiger partial charge is 0.462 e. The molecular formula is C15H14ClNO3. The van der Waals surface area contributed by atoms with Crippen LogP contribution in [-0.4, -0.2) is 17.6 Å². The van der Waals surface area contributed by atoms with Gasteiger partial charge >= 0.3 is 5.97 Å². The third kappa shape index (κ3) is 2.75. The number of nitrogens with one attached hydrogen (secondary N) is 1. The molecule has 0 saturated carbocycles. The molecule has 0 bridgehead atoms. The van der Waals surface area contributed by atoms with Crippen molar-refractivity contribution in [3.05, 3.63) is 57.0 Å². The molecule has 20 heavy (non-hydrogen) atoms. The molecule has 0 radical (unpaired) electrons. The number of aromatic nitrogens is 1. The van der Waals surface area contributed by atoms with Gasteiger partial charge in [0.25, 0.3) is 0 Å². The quantitative estimate of drug-likeness (QED) is 0.884. The van der Waals surface area contributed by atoms with Gasteiger partial charge in [-0.15, -0.1) is 0 Å². The molecule has 5 heteroatoms. The van der Waals surface area contributed by atoms with Gasteiger partial charge in [0.05, 0.1) is 6.61 Å². The van der Waals surface area contributed by atoms with E-state index in [1.807, 2.05) is 0 Å². The van der Waals surface area contributed by atoms with Gasteiger partial charge in [-0.25, -0.2) is 4.79 Å². The first-order chi connectivity index (χ1) is 9.54. The zero-order valence-electron chi connectivity index (χ0n) is 11.2. The summed E-state index contributed by atoms with van der Waals surface area (Å²) < 4.78 is 4.88. The predicted molar refractivity (Wildman–Crippen MR) is 78.2 cm³/mol. The molecule has 4 nitrogen and oxygen atoms in total. The second-order valence-corrected chi connectivity index (χ2v) is 4.70. The molecule has 104 valence electrons. The SMILES string of the molecule is CCOC(=O)c1c[nH]c(C)c(-c2ccc(Cl)cc2)c1=O. The van der Waals surface area contributed by atoms with Crippen molar-refractivity contribution in [2.75, 3.05) is 6.61 Å². The summed E-state index contributed by atoms with van der Waals surface area (Å²) in [5.41, 5.74) is 1.50. The molecule has 2 rings (SSSR count). The van der Waals surface area contributed by atoms with Crippen molar-refractivity contribution in [2.45, 2.75) is 13.8 Å². The number of rotatable bonds is 3. The molecule has 1 aromatic heterocycles. The van der Waals surface area contributed by atoms with Crippen LogP contribution in [-0.2, 0) is 4.74 Å². The van der Waals surface area contributed by atoms with Crippen molar-refractivity contribution < 1.29 is 9.53 Å². The number of halogens is 1. The van der Waals surface area contributed by atoms with Crippen LogP contribution < -0.4 is 5.43 Å². The minimum Gasteiger partial charge on any atom is -0.462 e. The number of ether oxygens (including phenoxy) is 1. The Bertz CT molecular complexity index is 689. The minimum absolute atomic E-state index is 0.00222. The normalized spacial score (nSPS) is 10.3. The number of benzene rings is 1. The van der Waals surface area contributed by atoms with E-state index in [1.54, 1.807) is 38.1 Å². The maximum atomic E-state index is 12.4. The van der Waals surface area contributed by atoms with Gasteiger partial charge in [0.15, 0.2) is 0 Å². The highest BCUT2D eigenvalue weighted by Gasteiger charge is 2.17. The molecular weight excluding hydrogens is 278 g/mol. The van der Waals surface area contributed by atoms with Gasteiger partial charge in [-0.05, 0) is 31.5 Å². The Morgan fingerprint density at radius 2 is 1.95 bits per heavy atom.